The number of hydrogen-bond acceptors (Lipinski definition) is 3. The van der Waals surface area contributed by atoms with E-state index in [9.17, 15) is 9.59 Å². The molecule has 0 aromatic carbocycles. The molecule has 4 heteroatoms. The molecule has 1 amide bonds. The number of amides is 1. The van der Waals surface area contributed by atoms with Crippen LogP contribution in [0.25, 0.3) is 0 Å². The van der Waals surface area contributed by atoms with Crippen LogP contribution in [0.5, 0.6) is 0 Å². The molecule has 1 spiro atoms. The lowest BCUT2D eigenvalue weighted by Crippen LogP contribution is -2.52. The van der Waals surface area contributed by atoms with Crippen LogP contribution in [0.3, 0.4) is 0 Å². The second-order valence-electron chi connectivity index (χ2n) is 4.25. The van der Waals surface area contributed by atoms with Gasteiger partial charge in [0.05, 0.1) is 0 Å². The van der Waals surface area contributed by atoms with Crippen molar-refractivity contribution in [3.63, 3.8) is 0 Å². The van der Waals surface area contributed by atoms with E-state index in [1.807, 2.05) is 7.05 Å². The molecule has 2 aliphatic rings. The minimum atomic E-state index is 0.111. The number of nitrogens with zero attached hydrogens (tertiary/aromatic N) is 2. The maximum atomic E-state index is 11.7. The average Bonchev–Trinajstić information content (AvgIpc) is 2.35. The molecule has 4 nitrogen and oxygen atoms in total. The first kappa shape index (κ1) is 9.65. The van der Waals surface area contributed by atoms with E-state index < -0.39 is 0 Å². The molecule has 14 heavy (non-hydrogen) atoms. The highest BCUT2D eigenvalue weighted by atomic mass is 16.2. The Morgan fingerprint density at radius 3 is 2.64 bits per heavy atom. The molecule has 0 radical (unpaired) electrons. The second-order valence-corrected chi connectivity index (χ2v) is 4.25. The Hall–Kier alpha value is -0.900. The lowest BCUT2D eigenvalue weighted by molar-refractivity contribution is -0.140. The number of aldehydes is 1. The Labute approximate surface area is 83.8 Å². The summed E-state index contributed by atoms with van der Waals surface area (Å²) in [5.41, 5.74) is 0.111. The summed E-state index contributed by atoms with van der Waals surface area (Å²) in [5, 5.41) is 3.79. The second kappa shape index (κ2) is 3.35. The van der Waals surface area contributed by atoms with Crippen LogP contribution in [0.15, 0.2) is 0 Å². The summed E-state index contributed by atoms with van der Waals surface area (Å²) >= 11 is 0. The maximum absolute atomic E-state index is 11.7. The van der Waals surface area contributed by atoms with Gasteiger partial charge in [-0.3, -0.25) is 9.80 Å². The lowest BCUT2D eigenvalue weighted by Gasteiger charge is -2.44. The van der Waals surface area contributed by atoms with Crippen molar-refractivity contribution >= 4 is 12.2 Å². The van der Waals surface area contributed by atoms with Gasteiger partial charge in [-0.15, -0.1) is 0 Å². The van der Waals surface area contributed by atoms with Gasteiger partial charge in [0.2, 0.25) is 5.91 Å². The fourth-order valence-corrected chi connectivity index (χ4v) is 2.45. The van der Waals surface area contributed by atoms with Crippen molar-refractivity contribution in [3.05, 3.63) is 0 Å². The van der Waals surface area contributed by atoms with Crippen molar-refractivity contribution in [2.45, 2.75) is 37.6 Å². The SMILES string of the molecule is CN1N(CCC=O)C(=O)CC12CCC2. The van der Waals surface area contributed by atoms with Gasteiger partial charge in [0.25, 0.3) is 0 Å². The number of hydrazine groups is 1. The number of rotatable bonds is 3. The molecule has 0 bridgehead atoms. The zero-order valence-electron chi connectivity index (χ0n) is 8.53. The number of hydrogen-bond donors (Lipinski definition) is 0. The van der Waals surface area contributed by atoms with Gasteiger partial charge < -0.3 is 4.79 Å². The predicted molar refractivity (Wildman–Crippen MR) is 51.4 cm³/mol. The molecule has 1 saturated carbocycles. The molecular formula is C10H16N2O2. The van der Waals surface area contributed by atoms with E-state index in [2.05, 4.69) is 5.01 Å². The van der Waals surface area contributed by atoms with E-state index in [0.717, 1.165) is 19.1 Å². The minimum absolute atomic E-state index is 0.111. The van der Waals surface area contributed by atoms with Gasteiger partial charge >= 0.3 is 0 Å². The number of carbonyl (C=O) groups is 2. The van der Waals surface area contributed by atoms with Crippen LogP contribution in [0.1, 0.15) is 32.1 Å². The third kappa shape index (κ3) is 1.25. The van der Waals surface area contributed by atoms with Crippen LogP contribution in [0.2, 0.25) is 0 Å². The third-order valence-electron chi connectivity index (χ3n) is 3.56. The Morgan fingerprint density at radius 2 is 2.21 bits per heavy atom. The third-order valence-corrected chi connectivity index (χ3v) is 3.56. The standard InChI is InChI=1S/C10H16N2O2/c1-11-10(4-2-5-10)8-9(14)12(11)6-3-7-13/h7H,2-6,8H2,1H3. The van der Waals surface area contributed by atoms with E-state index in [1.165, 1.54) is 6.42 Å². The predicted octanol–water partition coefficient (Wildman–Crippen LogP) is 0.577. The van der Waals surface area contributed by atoms with E-state index in [1.54, 1.807) is 5.01 Å². The van der Waals surface area contributed by atoms with Crippen molar-refractivity contribution < 1.29 is 9.59 Å². The minimum Gasteiger partial charge on any atom is -0.303 e. The Bertz CT molecular complexity index is 261. The van der Waals surface area contributed by atoms with Gasteiger partial charge in [0.1, 0.15) is 6.29 Å². The fraction of sp³-hybridized carbons (Fsp3) is 0.800. The fourth-order valence-electron chi connectivity index (χ4n) is 2.45. The summed E-state index contributed by atoms with van der Waals surface area (Å²) < 4.78 is 0. The average molecular weight is 196 g/mol. The van der Waals surface area contributed by atoms with Crippen LogP contribution < -0.4 is 0 Å². The number of carbonyl (C=O) groups excluding carboxylic acids is 2. The topological polar surface area (TPSA) is 40.6 Å². The van der Waals surface area contributed by atoms with Crippen molar-refractivity contribution in [3.8, 4) is 0 Å². The molecule has 2 rings (SSSR count). The highest BCUT2D eigenvalue weighted by molar-refractivity contribution is 5.79. The van der Waals surface area contributed by atoms with Crippen LogP contribution in [0, 0.1) is 0 Å². The highest BCUT2D eigenvalue weighted by Crippen LogP contribution is 2.44. The van der Waals surface area contributed by atoms with Crippen molar-refractivity contribution in [2.75, 3.05) is 13.6 Å². The normalized spacial score (nSPS) is 25.5. The molecule has 0 atom stereocenters. The molecule has 0 unspecified atom stereocenters. The quantitative estimate of drug-likeness (QED) is 0.620. The summed E-state index contributed by atoms with van der Waals surface area (Å²) in [5.74, 6) is 0.175. The Balaban J connectivity index is 2.04. The molecule has 0 aromatic rings. The van der Waals surface area contributed by atoms with Crippen LogP contribution in [-0.4, -0.2) is 41.3 Å². The first-order valence-corrected chi connectivity index (χ1v) is 5.17. The van der Waals surface area contributed by atoms with Crippen molar-refractivity contribution in [1.29, 1.82) is 0 Å². The summed E-state index contributed by atoms with van der Waals surface area (Å²) in [7, 11) is 1.97. The highest BCUT2D eigenvalue weighted by Gasteiger charge is 2.51. The van der Waals surface area contributed by atoms with Crippen molar-refractivity contribution in [2.24, 2.45) is 0 Å². The smallest absolute Gasteiger partial charge is 0.238 e. The first-order valence-electron chi connectivity index (χ1n) is 5.17. The Kier molecular flexibility index (Phi) is 2.31. The van der Waals surface area contributed by atoms with Gasteiger partial charge in [0, 0.05) is 32.0 Å². The molecule has 1 saturated heterocycles. The molecule has 1 heterocycles. The van der Waals surface area contributed by atoms with Gasteiger partial charge in [0.15, 0.2) is 0 Å². The van der Waals surface area contributed by atoms with Gasteiger partial charge in [-0.2, -0.15) is 0 Å². The van der Waals surface area contributed by atoms with Gasteiger partial charge in [-0.05, 0) is 19.3 Å². The van der Waals surface area contributed by atoms with E-state index in [-0.39, 0.29) is 11.4 Å². The molecule has 0 aromatic heterocycles. The molecule has 0 N–H and O–H groups in total. The van der Waals surface area contributed by atoms with E-state index >= 15 is 0 Å². The summed E-state index contributed by atoms with van der Waals surface area (Å²) in [6, 6.07) is 0. The first-order chi connectivity index (χ1) is 6.69. The summed E-state index contributed by atoms with van der Waals surface area (Å²) in [6.45, 7) is 0.542. The largest absolute Gasteiger partial charge is 0.303 e. The molecular weight excluding hydrogens is 180 g/mol. The molecule has 78 valence electrons. The van der Waals surface area contributed by atoms with Gasteiger partial charge in [-0.25, -0.2) is 5.01 Å². The zero-order valence-corrected chi connectivity index (χ0v) is 8.53. The van der Waals surface area contributed by atoms with E-state index in [0.29, 0.717) is 19.4 Å². The van der Waals surface area contributed by atoms with E-state index in [4.69, 9.17) is 0 Å². The lowest BCUT2D eigenvalue weighted by atomic mass is 9.75. The zero-order chi connectivity index (χ0) is 10.2. The summed E-state index contributed by atoms with van der Waals surface area (Å²) in [4.78, 5) is 21.9. The van der Waals surface area contributed by atoms with Crippen LogP contribution in [0.4, 0.5) is 0 Å². The monoisotopic (exact) mass is 196 g/mol. The van der Waals surface area contributed by atoms with Gasteiger partial charge in [-0.1, -0.05) is 0 Å². The van der Waals surface area contributed by atoms with Crippen LogP contribution in [-0.2, 0) is 9.59 Å². The summed E-state index contributed by atoms with van der Waals surface area (Å²) in [6.07, 6.45) is 5.40. The molecule has 1 aliphatic heterocycles. The van der Waals surface area contributed by atoms with Crippen molar-refractivity contribution in [1.82, 2.24) is 10.0 Å². The molecule has 1 aliphatic carbocycles. The van der Waals surface area contributed by atoms with Crippen LogP contribution >= 0.6 is 0 Å². The maximum Gasteiger partial charge on any atom is 0.238 e. The molecule has 2 fully saturated rings. The Morgan fingerprint density at radius 1 is 1.50 bits per heavy atom.